The highest BCUT2D eigenvalue weighted by Crippen LogP contribution is 2.53. The van der Waals surface area contributed by atoms with Crippen LogP contribution < -0.4 is 4.90 Å². The largest absolute Gasteiger partial charge is 0.317 e. The van der Waals surface area contributed by atoms with E-state index in [0.717, 1.165) is 44.9 Å². The third kappa shape index (κ3) is 5.22. The summed E-state index contributed by atoms with van der Waals surface area (Å²) in [5.41, 5.74) is 18.3. The van der Waals surface area contributed by atoms with Gasteiger partial charge in [-0.15, -0.1) is 0 Å². The molecular weight excluding hydrogens is 653 g/mol. The number of para-hydroxylation sites is 2. The Bertz CT molecular complexity index is 2590. The molecule has 2 nitrogen and oxygen atoms in total. The van der Waals surface area contributed by atoms with Gasteiger partial charge in [0.05, 0.1) is 11.0 Å². The van der Waals surface area contributed by atoms with Gasteiger partial charge in [0, 0.05) is 45.4 Å². The maximum atomic E-state index is 2.60. The van der Waals surface area contributed by atoms with Gasteiger partial charge < -0.3 is 9.47 Å². The fourth-order valence-electron chi connectivity index (χ4n) is 10.4. The molecule has 3 aromatic carbocycles. The van der Waals surface area contributed by atoms with Gasteiger partial charge in [-0.05, 0) is 145 Å². The first-order valence-electron chi connectivity index (χ1n) is 20.3. The maximum absolute atomic E-state index is 2.60. The zero-order chi connectivity index (χ0) is 35.6. The lowest BCUT2D eigenvalue weighted by atomic mass is 9.80. The average Bonchev–Trinajstić information content (AvgIpc) is 3.76. The number of fused-ring (bicyclic) bond motifs is 7. The topological polar surface area (TPSA) is 8.17 Å². The van der Waals surface area contributed by atoms with Crippen molar-refractivity contribution in [2.24, 2.45) is 11.8 Å². The second-order valence-electron chi connectivity index (χ2n) is 16.1. The van der Waals surface area contributed by atoms with Crippen LogP contribution in [0.4, 0.5) is 5.69 Å². The Kier molecular flexibility index (Phi) is 7.71. The van der Waals surface area contributed by atoms with Crippen molar-refractivity contribution in [2.45, 2.75) is 63.7 Å². The summed E-state index contributed by atoms with van der Waals surface area (Å²) in [4.78, 5) is 2.60. The molecule has 7 aliphatic rings. The van der Waals surface area contributed by atoms with Crippen LogP contribution in [0.15, 0.2) is 185 Å². The highest BCUT2D eigenvalue weighted by molar-refractivity contribution is 6.11. The van der Waals surface area contributed by atoms with E-state index in [-0.39, 0.29) is 0 Å². The first kappa shape index (κ1) is 31.9. The molecule has 2 heteroatoms. The van der Waals surface area contributed by atoms with Crippen molar-refractivity contribution in [3.63, 3.8) is 0 Å². The molecular formula is C52H46N2. The Hall–Kier alpha value is -5.60. The van der Waals surface area contributed by atoms with Crippen LogP contribution in [0.1, 0.15) is 74.8 Å². The average molecular weight is 699 g/mol. The predicted molar refractivity (Wildman–Crippen MR) is 228 cm³/mol. The molecule has 0 saturated carbocycles. The predicted octanol–water partition coefficient (Wildman–Crippen LogP) is 13.6. The van der Waals surface area contributed by atoms with Gasteiger partial charge in [-0.3, -0.25) is 0 Å². The van der Waals surface area contributed by atoms with Crippen molar-refractivity contribution in [1.82, 2.24) is 4.57 Å². The summed E-state index contributed by atoms with van der Waals surface area (Å²) in [7, 11) is 0. The van der Waals surface area contributed by atoms with Gasteiger partial charge in [-0.2, -0.15) is 0 Å². The van der Waals surface area contributed by atoms with Crippen molar-refractivity contribution in [2.75, 3.05) is 4.90 Å². The fourth-order valence-corrected chi connectivity index (χ4v) is 10.4. The molecule has 0 amide bonds. The van der Waals surface area contributed by atoms with Gasteiger partial charge >= 0.3 is 0 Å². The lowest BCUT2D eigenvalue weighted by Crippen LogP contribution is -2.24. The van der Waals surface area contributed by atoms with Crippen molar-refractivity contribution in [1.29, 1.82) is 0 Å². The van der Waals surface area contributed by atoms with Crippen molar-refractivity contribution in [3.8, 4) is 0 Å². The fraction of sp³-hybridized carbons (Fsp3) is 0.231. The van der Waals surface area contributed by atoms with E-state index in [2.05, 4.69) is 161 Å². The second kappa shape index (κ2) is 13.1. The first-order valence-corrected chi connectivity index (χ1v) is 20.3. The summed E-state index contributed by atoms with van der Waals surface area (Å²) in [5, 5.41) is 2.68. The van der Waals surface area contributed by atoms with E-state index in [9.17, 15) is 0 Å². The van der Waals surface area contributed by atoms with Gasteiger partial charge in [0.25, 0.3) is 0 Å². The molecule has 2 heterocycles. The number of hydrogen-bond donors (Lipinski definition) is 0. The molecule has 3 atom stereocenters. The minimum Gasteiger partial charge on any atom is -0.317 e. The summed E-state index contributed by atoms with van der Waals surface area (Å²) in [6.07, 6.45) is 43.4. The minimum atomic E-state index is 0.363. The molecule has 264 valence electrons. The van der Waals surface area contributed by atoms with E-state index in [1.807, 2.05) is 0 Å². The van der Waals surface area contributed by atoms with E-state index in [0.29, 0.717) is 17.8 Å². The molecule has 0 spiro atoms. The first-order chi connectivity index (χ1) is 26.8. The molecule has 1 aliphatic heterocycles. The summed E-state index contributed by atoms with van der Waals surface area (Å²) >= 11 is 0. The van der Waals surface area contributed by atoms with E-state index in [1.165, 1.54) is 96.4 Å². The van der Waals surface area contributed by atoms with Crippen LogP contribution in [-0.2, 0) is 0 Å². The van der Waals surface area contributed by atoms with Gasteiger partial charge in [0.2, 0.25) is 0 Å². The lowest BCUT2D eigenvalue weighted by molar-refractivity contribution is 0.545. The van der Waals surface area contributed by atoms with Crippen molar-refractivity contribution < 1.29 is 0 Å². The molecule has 4 aromatic rings. The van der Waals surface area contributed by atoms with E-state index >= 15 is 0 Å². The molecule has 0 N–H and O–H groups in total. The molecule has 1 aromatic heterocycles. The summed E-state index contributed by atoms with van der Waals surface area (Å²) < 4.78 is 2.57. The lowest BCUT2D eigenvalue weighted by Gasteiger charge is -2.33. The quantitative estimate of drug-likeness (QED) is 0.201. The molecule has 54 heavy (non-hydrogen) atoms. The molecule has 6 aliphatic carbocycles. The molecule has 0 fully saturated rings. The van der Waals surface area contributed by atoms with Gasteiger partial charge in [0.15, 0.2) is 0 Å². The third-order valence-electron chi connectivity index (χ3n) is 13.0. The highest BCUT2D eigenvalue weighted by atomic mass is 15.2. The number of allylic oxidation sites excluding steroid dienone is 22. The monoisotopic (exact) mass is 698 g/mol. The molecule has 0 bridgehead atoms. The number of aromatic nitrogens is 1. The van der Waals surface area contributed by atoms with Gasteiger partial charge in [0.1, 0.15) is 0 Å². The van der Waals surface area contributed by atoms with E-state index in [4.69, 9.17) is 0 Å². The van der Waals surface area contributed by atoms with Gasteiger partial charge in [-0.1, -0.05) is 109 Å². The Balaban J connectivity index is 0.956. The number of benzene rings is 3. The van der Waals surface area contributed by atoms with E-state index in [1.54, 1.807) is 0 Å². The standard InChI is InChI=1S/C52H46N2/c1-2-14-36(15-3-1)43-19-6-7-20-44(43)40-17-12-18-41(32-40)53-49-23-10-8-21-45(49)47-33-38(26-29-51(47)53)39-27-30-52-48(34-39)46-22-9-11-24-50(46)54(52)42-28-25-35-13-4-5-16-37(35)31-42/h1-4,8-11,13-14,17,19-30,32-33,36-37,48H,5-7,12,15-16,18,31,34H2. The molecule has 0 radical (unpaired) electrons. The number of hydrogen-bond acceptors (Lipinski definition) is 1. The molecule has 3 unspecified atom stereocenters. The Labute approximate surface area is 319 Å². The Morgan fingerprint density at radius 3 is 2.56 bits per heavy atom. The normalized spacial score (nSPS) is 24.4. The minimum absolute atomic E-state index is 0.363. The van der Waals surface area contributed by atoms with Crippen LogP contribution in [0.5, 0.6) is 0 Å². The van der Waals surface area contributed by atoms with Crippen molar-refractivity contribution >= 4 is 38.8 Å². The van der Waals surface area contributed by atoms with Crippen LogP contribution >= 0.6 is 0 Å². The third-order valence-corrected chi connectivity index (χ3v) is 13.0. The zero-order valence-electron chi connectivity index (χ0n) is 30.9. The van der Waals surface area contributed by atoms with Crippen LogP contribution in [0.3, 0.4) is 0 Å². The van der Waals surface area contributed by atoms with Crippen LogP contribution in [0.25, 0.3) is 33.1 Å². The SMILES string of the molecule is C1=CCC(C2=CCCC=C2C2=CCCC(n3c4ccccc4c4cc(C5=CC=C6C(C5)c5ccccc5N6C5=CC=C6C=CCCC6C5)ccc43)=C2)C=C1. The number of anilines is 1. The van der Waals surface area contributed by atoms with Crippen molar-refractivity contribution in [3.05, 3.63) is 197 Å². The molecule has 0 saturated heterocycles. The summed E-state index contributed by atoms with van der Waals surface area (Å²) in [5.74, 6) is 1.46. The second-order valence-corrected chi connectivity index (χ2v) is 16.1. The van der Waals surface area contributed by atoms with Crippen LogP contribution in [-0.4, -0.2) is 4.57 Å². The molecule has 11 rings (SSSR count). The summed E-state index contributed by atoms with van der Waals surface area (Å²) in [6.45, 7) is 0. The number of nitrogens with zero attached hydrogens (tertiary/aromatic N) is 2. The smallest absolute Gasteiger partial charge is 0.0538 e. The van der Waals surface area contributed by atoms with Crippen LogP contribution in [0.2, 0.25) is 0 Å². The number of rotatable bonds is 5. The zero-order valence-corrected chi connectivity index (χ0v) is 30.9. The van der Waals surface area contributed by atoms with Gasteiger partial charge in [-0.25, -0.2) is 0 Å². The Morgan fingerprint density at radius 1 is 0.685 bits per heavy atom. The van der Waals surface area contributed by atoms with E-state index < -0.39 is 0 Å². The van der Waals surface area contributed by atoms with Crippen LogP contribution in [0, 0.1) is 11.8 Å². The Morgan fingerprint density at radius 2 is 1.59 bits per heavy atom. The highest BCUT2D eigenvalue weighted by Gasteiger charge is 2.38. The maximum Gasteiger partial charge on any atom is 0.0538 e. The summed E-state index contributed by atoms with van der Waals surface area (Å²) in [6, 6.07) is 25.5.